The third-order valence-electron chi connectivity index (χ3n) is 2.06. The molecule has 0 bridgehead atoms. The fourth-order valence-electron chi connectivity index (χ4n) is 1.36. The molecule has 1 heterocycles. The summed E-state index contributed by atoms with van der Waals surface area (Å²) in [7, 11) is 2.35. The molecular weight excluding hydrogens is 246 g/mol. The number of amides is 2. The van der Waals surface area contributed by atoms with E-state index >= 15 is 0 Å². The largest absolute Gasteiger partial charge is 0.395 e. The van der Waals surface area contributed by atoms with Gasteiger partial charge in [-0.25, -0.2) is 4.31 Å². The van der Waals surface area contributed by atoms with E-state index in [0.29, 0.717) is 16.9 Å². The van der Waals surface area contributed by atoms with Crippen molar-refractivity contribution in [1.29, 1.82) is 0 Å². The van der Waals surface area contributed by atoms with Gasteiger partial charge >= 0.3 is 0 Å². The predicted octanol–water partition coefficient (Wildman–Crippen LogP) is 1.57. The molecule has 0 fully saturated rings. The molecule has 1 N–H and O–H groups in total. The monoisotopic (exact) mass is 255 g/mol. The van der Waals surface area contributed by atoms with E-state index in [2.05, 4.69) is 0 Å². The number of benzene rings is 1. The van der Waals surface area contributed by atoms with Gasteiger partial charge < -0.3 is 5.11 Å². The Morgan fingerprint density at radius 3 is 2.19 bits per heavy atom. The molecule has 1 aliphatic rings. The summed E-state index contributed by atoms with van der Waals surface area (Å²) in [5.41, 5.74) is 0.897. The third-order valence-corrected chi connectivity index (χ3v) is 4.26. The minimum atomic E-state index is -0.281. The quantitative estimate of drug-likeness (QED) is 0.383. The Labute approximate surface area is 101 Å². The number of carbonyl (C=O) groups excluding carboxylic acids is 2. The molecule has 1 aliphatic heterocycles. The minimum absolute atomic E-state index is 0.0286. The van der Waals surface area contributed by atoms with Crippen LogP contribution in [0.15, 0.2) is 24.3 Å². The van der Waals surface area contributed by atoms with Crippen molar-refractivity contribution in [2.24, 2.45) is 0 Å². The van der Waals surface area contributed by atoms with Gasteiger partial charge in [0.2, 0.25) is 0 Å². The number of nitrogens with zero attached hydrogens (tertiary/aromatic N) is 1. The Balaban J connectivity index is 2.15. The van der Waals surface area contributed by atoms with Crippen LogP contribution in [0.4, 0.5) is 0 Å². The van der Waals surface area contributed by atoms with Crippen molar-refractivity contribution in [1.82, 2.24) is 4.31 Å². The average molecular weight is 255 g/mol. The van der Waals surface area contributed by atoms with E-state index in [1.807, 2.05) is 0 Å². The van der Waals surface area contributed by atoms with Gasteiger partial charge in [0.1, 0.15) is 0 Å². The van der Waals surface area contributed by atoms with Crippen LogP contribution in [0.3, 0.4) is 0 Å². The van der Waals surface area contributed by atoms with Gasteiger partial charge in [0.05, 0.1) is 17.7 Å². The van der Waals surface area contributed by atoms with Crippen LogP contribution in [0.25, 0.3) is 0 Å². The zero-order valence-electron chi connectivity index (χ0n) is 8.25. The van der Waals surface area contributed by atoms with Crippen molar-refractivity contribution in [3.05, 3.63) is 35.4 Å². The van der Waals surface area contributed by atoms with Crippen LogP contribution in [0, 0.1) is 0 Å². The molecule has 1 aromatic rings. The molecule has 0 saturated carbocycles. The Morgan fingerprint density at radius 1 is 1.12 bits per heavy atom. The summed E-state index contributed by atoms with van der Waals surface area (Å²) in [5.74, 6) is -0.0787. The molecular formula is C10H9NO3S2. The van der Waals surface area contributed by atoms with Crippen molar-refractivity contribution in [3.63, 3.8) is 0 Å². The molecule has 16 heavy (non-hydrogen) atoms. The van der Waals surface area contributed by atoms with Crippen LogP contribution in [0.1, 0.15) is 20.7 Å². The highest BCUT2D eigenvalue weighted by molar-refractivity contribution is 8.76. The molecule has 2 rings (SSSR count). The van der Waals surface area contributed by atoms with Gasteiger partial charge in [-0.2, -0.15) is 0 Å². The standard InChI is InChI=1S/C10H9NO3S2/c12-5-6-15-16-11-9(13)7-3-1-2-4-8(7)10(11)14/h1-4,12H,5-6H2. The summed E-state index contributed by atoms with van der Waals surface area (Å²) in [6, 6.07) is 6.76. The molecule has 4 nitrogen and oxygen atoms in total. The summed E-state index contributed by atoms with van der Waals surface area (Å²) in [5, 5.41) is 8.62. The highest BCUT2D eigenvalue weighted by Crippen LogP contribution is 2.34. The predicted molar refractivity (Wildman–Crippen MR) is 64.1 cm³/mol. The average Bonchev–Trinajstić information content (AvgIpc) is 2.55. The first kappa shape index (κ1) is 11.5. The maximum Gasteiger partial charge on any atom is 0.272 e. The van der Waals surface area contributed by atoms with E-state index in [9.17, 15) is 9.59 Å². The van der Waals surface area contributed by atoms with E-state index < -0.39 is 0 Å². The van der Waals surface area contributed by atoms with Crippen molar-refractivity contribution in [2.75, 3.05) is 12.4 Å². The maximum absolute atomic E-state index is 11.8. The molecule has 1 aromatic carbocycles. The van der Waals surface area contributed by atoms with Crippen LogP contribution in [-0.4, -0.2) is 33.6 Å². The number of hydrogen-bond donors (Lipinski definition) is 1. The normalized spacial score (nSPS) is 14.4. The summed E-state index contributed by atoms with van der Waals surface area (Å²) in [6.45, 7) is 0.0286. The number of aliphatic hydroxyl groups excluding tert-OH is 1. The first-order valence-corrected chi connectivity index (χ1v) is 6.91. The van der Waals surface area contributed by atoms with E-state index in [1.165, 1.54) is 10.8 Å². The molecule has 0 saturated heterocycles. The van der Waals surface area contributed by atoms with Crippen LogP contribution in [-0.2, 0) is 0 Å². The lowest BCUT2D eigenvalue weighted by Crippen LogP contribution is -2.21. The van der Waals surface area contributed by atoms with Gasteiger partial charge in [0, 0.05) is 16.7 Å². The van der Waals surface area contributed by atoms with Gasteiger partial charge in [-0.3, -0.25) is 9.59 Å². The van der Waals surface area contributed by atoms with E-state index in [1.54, 1.807) is 24.3 Å². The van der Waals surface area contributed by atoms with Crippen molar-refractivity contribution >= 4 is 33.6 Å². The first-order valence-electron chi connectivity index (χ1n) is 4.64. The number of imide groups is 1. The Kier molecular flexibility index (Phi) is 3.52. The molecule has 6 heteroatoms. The molecule has 84 valence electrons. The zero-order chi connectivity index (χ0) is 11.5. The summed E-state index contributed by atoms with van der Waals surface area (Å²) in [4.78, 5) is 23.6. The topological polar surface area (TPSA) is 57.6 Å². The van der Waals surface area contributed by atoms with Gasteiger partial charge in [-0.1, -0.05) is 22.9 Å². The highest BCUT2D eigenvalue weighted by Gasteiger charge is 2.35. The fraction of sp³-hybridized carbons (Fsp3) is 0.200. The second kappa shape index (κ2) is 4.90. The van der Waals surface area contributed by atoms with Gasteiger partial charge in [-0.15, -0.1) is 0 Å². The van der Waals surface area contributed by atoms with Crippen LogP contribution < -0.4 is 0 Å². The number of aliphatic hydroxyl groups is 1. The lowest BCUT2D eigenvalue weighted by molar-refractivity contribution is 0.0778. The number of rotatable bonds is 4. The minimum Gasteiger partial charge on any atom is -0.395 e. The second-order valence-corrected chi connectivity index (χ2v) is 5.38. The zero-order valence-corrected chi connectivity index (χ0v) is 9.88. The highest BCUT2D eigenvalue weighted by atomic mass is 33.1. The molecule has 0 unspecified atom stereocenters. The van der Waals surface area contributed by atoms with E-state index in [-0.39, 0.29) is 18.4 Å². The third kappa shape index (κ3) is 1.95. The number of hydrogen-bond acceptors (Lipinski definition) is 5. The molecule has 0 aromatic heterocycles. The molecule has 0 aliphatic carbocycles. The van der Waals surface area contributed by atoms with Crippen molar-refractivity contribution in [3.8, 4) is 0 Å². The summed E-state index contributed by atoms with van der Waals surface area (Å²) < 4.78 is 1.13. The Hall–Kier alpha value is -0.980. The number of carbonyl (C=O) groups is 2. The molecule has 2 amide bonds. The molecule has 0 atom stereocenters. The van der Waals surface area contributed by atoms with Crippen molar-refractivity contribution < 1.29 is 14.7 Å². The van der Waals surface area contributed by atoms with Gasteiger partial charge in [0.25, 0.3) is 11.8 Å². The Morgan fingerprint density at radius 2 is 1.69 bits per heavy atom. The summed E-state index contributed by atoms with van der Waals surface area (Å²) >= 11 is 0. The molecule has 0 radical (unpaired) electrons. The number of fused-ring (bicyclic) bond motifs is 1. The maximum atomic E-state index is 11.8. The fourth-order valence-corrected chi connectivity index (χ4v) is 3.12. The van der Waals surface area contributed by atoms with Crippen LogP contribution in [0.2, 0.25) is 0 Å². The van der Waals surface area contributed by atoms with Crippen LogP contribution in [0.5, 0.6) is 0 Å². The van der Waals surface area contributed by atoms with Gasteiger partial charge in [0.15, 0.2) is 0 Å². The smallest absolute Gasteiger partial charge is 0.272 e. The SMILES string of the molecule is O=C1c2ccccc2C(=O)N1SSCCO. The summed E-state index contributed by atoms with van der Waals surface area (Å²) in [6.07, 6.45) is 0. The van der Waals surface area contributed by atoms with E-state index in [0.717, 1.165) is 15.3 Å². The molecule has 0 spiro atoms. The first-order chi connectivity index (χ1) is 7.75. The van der Waals surface area contributed by atoms with Crippen molar-refractivity contribution in [2.45, 2.75) is 0 Å². The lowest BCUT2D eigenvalue weighted by Gasteiger charge is -2.09. The Bertz CT molecular complexity index is 401. The van der Waals surface area contributed by atoms with Crippen LogP contribution >= 0.6 is 21.8 Å². The van der Waals surface area contributed by atoms with Gasteiger partial charge in [-0.05, 0) is 12.1 Å². The van der Waals surface area contributed by atoms with E-state index in [4.69, 9.17) is 5.11 Å². The lowest BCUT2D eigenvalue weighted by atomic mass is 10.1. The second-order valence-electron chi connectivity index (χ2n) is 3.07.